The molecule has 0 atom stereocenters. The number of guanidine groups is 2. The van der Waals surface area contributed by atoms with Crippen LogP contribution in [0.25, 0.3) is 0 Å². The Kier molecular flexibility index (Phi) is 4.08. The predicted molar refractivity (Wildman–Crippen MR) is 87.0 cm³/mol. The van der Waals surface area contributed by atoms with Gasteiger partial charge in [-0.05, 0) is 25.0 Å². The summed E-state index contributed by atoms with van der Waals surface area (Å²) in [6.45, 7) is 4.15. The first-order valence-electron chi connectivity index (χ1n) is 7.64. The zero-order valence-corrected chi connectivity index (χ0v) is 12.9. The van der Waals surface area contributed by atoms with Gasteiger partial charge in [0.05, 0.1) is 5.69 Å². The Bertz CT molecular complexity index is 519. The van der Waals surface area contributed by atoms with Gasteiger partial charge in [0, 0.05) is 40.3 Å². The molecule has 5 heteroatoms. The van der Waals surface area contributed by atoms with Crippen LogP contribution in [-0.4, -0.2) is 66.9 Å². The van der Waals surface area contributed by atoms with Gasteiger partial charge in [-0.1, -0.05) is 18.2 Å². The number of benzene rings is 1. The minimum Gasteiger partial charge on any atom is -0.344 e. The van der Waals surface area contributed by atoms with Gasteiger partial charge in [-0.25, -0.2) is 4.99 Å². The zero-order valence-electron chi connectivity index (χ0n) is 12.9. The van der Waals surface area contributed by atoms with Crippen molar-refractivity contribution in [3.8, 4) is 0 Å². The number of likely N-dealkylation sites (tertiary alicyclic amines) is 1. The minimum atomic E-state index is 0.842. The molecule has 0 unspecified atom stereocenters. The highest BCUT2D eigenvalue weighted by molar-refractivity contribution is 5.96. The van der Waals surface area contributed by atoms with E-state index >= 15 is 0 Å². The molecule has 2 heterocycles. The van der Waals surface area contributed by atoms with Gasteiger partial charge in [-0.2, -0.15) is 4.99 Å². The fourth-order valence-electron chi connectivity index (χ4n) is 2.75. The summed E-state index contributed by atoms with van der Waals surface area (Å²) in [5, 5.41) is 0. The second kappa shape index (κ2) is 6.16. The fourth-order valence-corrected chi connectivity index (χ4v) is 2.75. The van der Waals surface area contributed by atoms with Gasteiger partial charge >= 0.3 is 0 Å². The lowest BCUT2D eigenvalue weighted by atomic mass is 10.3. The standard InChI is InChI=1S/C16H23N5/c1-19-12-13-20(2)16(19)18-15(21-10-6-7-11-21)17-14-8-4-3-5-9-14/h3-5,8-9H,6-7,10-13H2,1-2H3/b17-15-. The van der Waals surface area contributed by atoms with Gasteiger partial charge in [0.2, 0.25) is 11.9 Å². The highest BCUT2D eigenvalue weighted by atomic mass is 15.4. The number of nitrogens with zero attached hydrogens (tertiary/aromatic N) is 5. The van der Waals surface area contributed by atoms with E-state index in [2.05, 4.69) is 28.8 Å². The third-order valence-corrected chi connectivity index (χ3v) is 4.03. The van der Waals surface area contributed by atoms with Crippen LogP contribution in [0.3, 0.4) is 0 Å². The Balaban J connectivity index is 1.93. The maximum Gasteiger partial charge on any atom is 0.229 e. The molecule has 1 aromatic rings. The third-order valence-electron chi connectivity index (χ3n) is 4.03. The van der Waals surface area contributed by atoms with Crippen molar-refractivity contribution in [2.45, 2.75) is 12.8 Å². The summed E-state index contributed by atoms with van der Waals surface area (Å²) in [4.78, 5) is 16.3. The van der Waals surface area contributed by atoms with Crippen LogP contribution in [0.4, 0.5) is 5.69 Å². The Morgan fingerprint density at radius 1 is 0.905 bits per heavy atom. The molecule has 2 saturated heterocycles. The SMILES string of the molecule is CN1CCN(C)C1=N/C(=N/c1ccccc1)N1CCCC1. The summed E-state index contributed by atoms with van der Waals surface area (Å²) >= 11 is 0. The van der Waals surface area contributed by atoms with E-state index in [1.54, 1.807) is 0 Å². The number of aliphatic imine (C=N–C) groups is 2. The van der Waals surface area contributed by atoms with Gasteiger partial charge < -0.3 is 14.7 Å². The maximum absolute atomic E-state index is 4.86. The summed E-state index contributed by atoms with van der Waals surface area (Å²) in [6.07, 6.45) is 2.45. The first-order valence-corrected chi connectivity index (χ1v) is 7.64. The van der Waals surface area contributed by atoms with Gasteiger partial charge in [0.25, 0.3) is 0 Å². The van der Waals surface area contributed by atoms with E-state index in [4.69, 9.17) is 9.98 Å². The quantitative estimate of drug-likeness (QED) is 0.585. The van der Waals surface area contributed by atoms with Crippen LogP contribution in [0.15, 0.2) is 40.3 Å². The van der Waals surface area contributed by atoms with Crippen molar-refractivity contribution in [3.63, 3.8) is 0 Å². The van der Waals surface area contributed by atoms with Crippen LogP contribution in [0.2, 0.25) is 0 Å². The smallest absolute Gasteiger partial charge is 0.229 e. The Morgan fingerprint density at radius 2 is 1.52 bits per heavy atom. The first-order chi connectivity index (χ1) is 10.2. The monoisotopic (exact) mass is 285 g/mol. The summed E-state index contributed by atoms with van der Waals surface area (Å²) < 4.78 is 0. The Hall–Kier alpha value is -2.04. The van der Waals surface area contributed by atoms with Crippen molar-refractivity contribution in [2.24, 2.45) is 9.98 Å². The topological polar surface area (TPSA) is 34.4 Å². The second-order valence-electron chi connectivity index (χ2n) is 5.70. The lowest BCUT2D eigenvalue weighted by Crippen LogP contribution is -2.33. The maximum atomic E-state index is 4.86. The Morgan fingerprint density at radius 3 is 2.14 bits per heavy atom. The lowest BCUT2D eigenvalue weighted by Gasteiger charge is -2.21. The van der Waals surface area contributed by atoms with E-state index in [0.29, 0.717) is 0 Å². The van der Waals surface area contributed by atoms with E-state index in [9.17, 15) is 0 Å². The molecule has 0 aliphatic carbocycles. The highest BCUT2D eigenvalue weighted by Gasteiger charge is 2.23. The highest BCUT2D eigenvalue weighted by Crippen LogP contribution is 2.16. The molecule has 2 aliphatic heterocycles. The molecular formula is C16H23N5. The van der Waals surface area contributed by atoms with Crippen LogP contribution in [-0.2, 0) is 0 Å². The molecule has 0 aromatic heterocycles. The van der Waals surface area contributed by atoms with Crippen LogP contribution >= 0.6 is 0 Å². The van der Waals surface area contributed by atoms with Crippen LogP contribution in [0.1, 0.15) is 12.8 Å². The summed E-state index contributed by atoms with van der Waals surface area (Å²) in [5.41, 5.74) is 0.965. The van der Waals surface area contributed by atoms with E-state index < -0.39 is 0 Å². The van der Waals surface area contributed by atoms with Crippen molar-refractivity contribution in [1.82, 2.24) is 14.7 Å². The average molecular weight is 285 g/mol. The number of likely N-dealkylation sites (N-methyl/N-ethyl adjacent to an activating group) is 2. The van der Waals surface area contributed by atoms with Crippen LogP contribution < -0.4 is 0 Å². The Labute approximate surface area is 126 Å². The van der Waals surface area contributed by atoms with E-state index in [1.165, 1.54) is 12.8 Å². The first kappa shape index (κ1) is 13.9. The molecule has 3 rings (SSSR count). The summed E-state index contributed by atoms with van der Waals surface area (Å²) in [7, 11) is 4.18. The molecular weight excluding hydrogens is 262 g/mol. The minimum absolute atomic E-state index is 0.842. The van der Waals surface area contributed by atoms with Crippen molar-refractivity contribution < 1.29 is 0 Å². The van der Waals surface area contributed by atoms with Crippen molar-refractivity contribution >= 4 is 17.6 Å². The van der Waals surface area contributed by atoms with Gasteiger partial charge in [0.1, 0.15) is 0 Å². The molecule has 0 saturated carbocycles. The van der Waals surface area contributed by atoms with E-state index in [1.807, 2.05) is 30.3 Å². The molecule has 112 valence electrons. The molecule has 2 aliphatic rings. The molecule has 0 N–H and O–H groups in total. The van der Waals surface area contributed by atoms with Crippen molar-refractivity contribution in [2.75, 3.05) is 40.3 Å². The number of hydrogen-bond donors (Lipinski definition) is 0. The molecule has 21 heavy (non-hydrogen) atoms. The van der Waals surface area contributed by atoms with Crippen LogP contribution in [0.5, 0.6) is 0 Å². The van der Waals surface area contributed by atoms with Crippen molar-refractivity contribution in [1.29, 1.82) is 0 Å². The fraction of sp³-hybridized carbons (Fsp3) is 0.500. The van der Waals surface area contributed by atoms with Gasteiger partial charge in [-0.3, -0.25) is 0 Å². The predicted octanol–water partition coefficient (Wildman–Crippen LogP) is 2.00. The summed E-state index contributed by atoms with van der Waals surface area (Å²) in [6, 6.07) is 10.1. The van der Waals surface area contributed by atoms with E-state index in [-0.39, 0.29) is 0 Å². The number of para-hydroxylation sites is 1. The summed E-state index contributed by atoms with van der Waals surface area (Å²) in [5.74, 6) is 1.85. The molecule has 2 fully saturated rings. The average Bonchev–Trinajstić information content (AvgIpc) is 3.13. The van der Waals surface area contributed by atoms with Crippen LogP contribution in [0, 0.1) is 0 Å². The number of hydrogen-bond acceptors (Lipinski definition) is 1. The number of rotatable bonds is 1. The molecule has 5 nitrogen and oxygen atoms in total. The van der Waals surface area contributed by atoms with Gasteiger partial charge in [-0.15, -0.1) is 0 Å². The molecule has 0 radical (unpaired) electrons. The molecule has 0 spiro atoms. The zero-order chi connectivity index (χ0) is 14.7. The lowest BCUT2D eigenvalue weighted by molar-refractivity contribution is 0.508. The largest absolute Gasteiger partial charge is 0.344 e. The van der Waals surface area contributed by atoms with Gasteiger partial charge in [0.15, 0.2) is 0 Å². The van der Waals surface area contributed by atoms with E-state index in [0.717, 1.165) is 43.8 Å². The molecule has 0 amide bonds. The molecule has 1 aromatic carbocycles. The second-order valence-corrected chi connectivity index (χ2v) is 5.70. The van der Waals surface area contributed by atoms with Crippen molar-refractivity contribution in [3.05, 3.63) is 30.3 Å². The third kappa shape index (κ3) is 3.17. The normalized spacial score (nSPS) is 19.6. The molecule has 0 bridgehead atoms.